The lowest BCUT2D eigenvalue weighted by Crippen LogP contribution is -2.56. The molecule has 2 amide bonds. The second-order valence-electron chi connectivity index (χ2n) is 9.83. The molecule has 6 heteroatoms. The summed E-state index contributed by atoms with van der Waals surface area (Å²) >= 11 is 0. The Hall–Kier alpha value is -2.37. The molecule has 4 bridgehead atoms. The first-order chi connectivity index (χ1) is 14.2. The number of hydrogen-bond donors (Lipinski definition) is 2. The van der Waals surface area contributed by atoms with E-state index in [1.165, 1.54) is 26.2 Å². The van der Waals surface area contributed by atoms with E-state index in [0.29, 0.717) is 23.4 Å². The number of esters is 1. The average molecular weight is 413 g/mol. The van der Waals surface area contributed by atoms with Crippen LogP contribution in [0.2, 0.25) is 0 Å². The van der Waals surface area contributed by atoms with Crippen molar-refractivity contribution in [1.82, 2.24) is 5.32 Å². The molecule has 162 valence electrons. The van der Waals surface area contributed by atoms with Gasteiger partial charge in [-0.3, -0.25) is 9.59 Å². The molecule has 1 aromatic carbocycles. The van der Waals surface area contributed by atoms with Crippen LogP contribution in [0.5, 0.6) is 0 Å². The minimum atomic E-state index is -0.947. The third kappa shape index (κ3) is 4.23. The zero-order valence-electron chi connectivity index (χ0n) is 18.1. The molecule has 2 atom stereocenters. The van der Waals surface area contributed by atoms with Crippen LogP contribution < -0.4 is 10.6 Å². The number of rotatable bonds is 6. The Bertz CT molecular complexity index is 797. The molecule has 4 aliphatic carbocycles. The predicted molar refractivity (Wildman–Crippen MR) is 114 cm³/mol. The molecule has 30 heavy (non-hydrogen) atoms. The summed E-state index contributed by atoms with van der Waals surface area (Å²) in [5, 5.41) is 5.63. The smallest absolute Gasteiger partial charge is 0.329 e. The molecule has 0 aliphatic heterocycles. The number of carbonyl (C=O) groups is 3. The number of carbonyl (C=O) groups excluding carboxylic acids is 3. The van der Waals surface area contributed by atoms with E-state index in [-0.39, 0.29) is 11.3 Å². The summed E-state index contributed by atoms with van der Waals surface area (Å²) in [5.74, 6) is 0.994. The van der Waals surface area contributed by atoms with Crippen molar-refractivity contribution in [2.24, 2.45) is 23.2 Å². The molecule has 0 saturated heterocycles. The van der Waals surface area contributed by atoms with Gasteiger partial charge in [0.15, 0.2) is 6.10 Å². The van der Waals surface area contributed by atoms with E-state index in [0.717, 1.165) is 24.8 Å². The second-order valence-corrected chi connectivity index (χ2v) is 9.83. The molecule has 0 radical (unpaired) electrons. The van der Waals surface area contributed by atoms with Crippen LogP contribution in [0.25, 0.3) is 0 Å². The summed E-state index contributed by atoms with van der Waals surface area (Å²) in [6.45, 7) is 5.13. The topological polar surface area (TPSA) is 84.5 Å². The number of anilines is 1. The van der Waals surface area contributed by atoms with Crippen LogP contribution in [0, 0.1) is 30.1 Å². The molecule has 5 rings (SSSR count). The second kappa shape index (κ2) is 8.05. The molecule has 1 aromatic rings. The maximum Gasteiger partial charge on any atom is 0.329 e. The normalized spacial score (nSPS) is 31.0. The molecule has 0 spiro atoms. The van der Waals surface area contributed by atoms with Crippen molar-refractivity contribution in [2.45, 2.75) is 71.4 Å². The molecule has 6 nitrogen and oxygen atoms in total. The summed E-state index contributed by atoms with van der Waals surface area (Å²) in [4.78, 5) is 37.9. The van der Waals surface area contributed by atoms with Crippen molar-refractivity contribution in [1.29, 1.82) is 0 Å². The highest BCUT2D eigenvalue weighted by molar-refractivity contribution is 5.96. The van der Waals surface area contributed by atoms with E-state index in [1.807, 2.05) is 19.1 Å². The largest absolute Gasteiger partial charge is 0.451 e. The van der Waals surface area contributed by atoms with Crippen molar-refractivity contribution >= 4 is 23.5 Å². The van der Waals surface area contributed by atoms with E-state index in [9.17, 15) is 14.4 Å². The van der Waals surface area contributed by atoms with Gasteiger partial charge in [-0.1, -0.05) is 17.7 Å². The first-order valence-electron chi connectivity index (χ1n) is 11.1. The van der Waals surface area contributed by atoms with Crippen LogP contribution in [0.4, 0.5) is 5.69 Å². The fraction of sp³-hybridized carbons (Fsp3) is 0.625. The monoisotopic (exact) mass is 412 g/mol. The molecule has 4 fully saturated rings. The van der Waals surface area contributed by atoms with Gasteiger partial charge in [0, 0.05) is 11.1 Å². The first kappa shape index (κ1) is 20.9. The average Bonchev–Trinajstić information content (AvgIpc) is 2.68. The summed E-state index contributed by atoms with van der Waals surface area (Å²) in [6, 6.07) is 6.62. The van der Waals surface area contributed by atoms with Gasteiger partial charge < -0.3 is 15.4 Å². The van der Waals surface area contributed by atoms with Crippen LogP contribution in [0.3, 0.4) is 0 Å². The van der Waals surface area contributed by atoms with Crippen LogP contribution in [-0.4, -0.2) is 29.9 Å². The van der Waals surface area contributed by atoms with Gasteiger partial charge in [-0.05, 0) is 89.2 Å². The van der Waals surface area contributed by atoms with Gasteiger partial charge in [0.25, 0.3) is 5.91 Å². The summed E-state index contributed by atoms with van der Waals surface area (Å²) in [7, 11) is 0. The zero-order valence-corrected chi connectivity index (χ0v) is 18.1. The Morgan fingerprint density at radius 1 is 0.967 bits per heavy atom. The quantitative estimate of drug-likeness (QED) is 0.700. The maximum absolute atomic E-state index is 13.1. The Morgan fingerprint density at radius 3 is 2.03 bits per heavy atom. The number of benzene rings is 1. The summed E-state index contributed by atoms with van der Waals surface area (Å²) in [6.07, 6.45) is 5.68. The molecular weight excluding hydrogens is 380 g/mol. The van der Waals surface area contributed by atoms with Gasteiger partial charge in [0.2, 0.25) is 5.91 Å². The number of aryl methyl sites for hydroxylation is 1. The lowest BCUT2D eigenvalue weighted by atomic mass is 9.49. The third-order valence-electron chi connectivity index (χ3n) is 7.20. The fourth-order valence-corrected chi connectivity index (χ4v) is 6.01. The van der Waals surface area contributed by atoms with E-state index in [2.05, 4.69) is 10.6 Å². The number of hydrogen-bond acceptors (Lipinski definition) is 4. The first-order valence-corrected chi connectivity index (χ1v) is 11.1. The van der Waals surface area contributed by atoms with Gasteiger partial charge >= 0.3 is 5.97 Å². The van der Waals surface area contributed by atoms with Crippen LogP contribution >= 0.6 is 0 Å². The van der Waals surface area contributed by atoms with Crippen LogP contribution in [0.15, 0.2) is 24.3 Å². The number of nitrogens with one attached hydrogen (secondary N) is 2. The minimum Gasteiger partial charge on any atom is -0.451 e. The van der Waals surface area contributed by atoms with E-state index < -0.39 is 24.0 Å². The summed E-state index contributed by atoms with van der Waals surface area (Å²) < 4.78 is 5.32. The molecule has 0 heterocycles. The van der Waals surface area contributed by atoms with Crippen LogP contribution in [-0.2, 0) is 19.1 Å². The van der Waals surface area contributed by atoms with Gasteiger partial charge in [0.05, 0.1) is 0 Å². The van der Waals surface area contributed by atoms with E-state index in [1.54, 1.807) is 19.1 Å². The highest BCUT2D eigenvalue weighted by atomic mass is 16.5. The van der Waals surface area contributed by atoms with Gasteiger partial charge in [-0.25, -0.2) is 4.79 Å². The van der Waals surface area contributed by atoms with E-state index in [4.69, 9.17) is 4.74 Å². The third-order valence-corrected chi connectivity index (χ3v) is 7.20. The number of ether oxygens (including phenoxy) is 1. The lowest BCUT2D eigenvalue weighted by molar-refractivity contribution is -0.158. The van der Waals surface area contributed by atoms with E-state index >= 15 is 0 Å². The number of amides is 2. The molecule has 2 N–H and O–H groups in total. The Kier molecular flexibility index (Phi) is 5.60. The van der Waals surface area contributed by atoms with Crippen molar-refractivity contribution in [3.8, 4) is 0 Å². The molecular formula is C24H32N2O4. The Balaban J connectivity index is 1.29. The fourth-order valence-electron chi connectivity index (χ4n) is 6.01. The van der Waals surface area contributed by atoms with Crippen molar-refractivity contribution in [3.05, 3.63) is 29.8 Å². The molecule has 0 aromatic heterocycles. The molecule has 0 unspecified atom stereocenters. The van der Waals surface area contributed by atoms with Gasteiger partial charge in [0.1, 0.15) is 6.04 Å². The zero-order chi connectivity index (χ0) is 21.5. The predicted octanol–water partition coefficient (Wildman–Crippen LogP) is 3.59. The van der Waals surface area contributed by atoms with Crippen molar-refractivity contribution in [3.63, 3.8) is 0 Å². The standard InChI is InChI=1S/C24H32N2O4/c1-14-4-6-20(7-5-14)26-21(27)16(3)30-22(28)15(2)25-23(29)24-11-17-8-18(12-24)10-19(9-17)13-24/h4-7,15-19H,8-13H2,1-3H3,(H,25,29)(H,26,27)/t15-,16+,17?,18?,19?,24?/m0/s1. The lowest BCUT2D eigenvalue weighted by Gasteiger charge is -2.55. The Morgan fingerprint density at radius 2 is 1.50 bits per heavy atom. The Labute approximate surface area is 178 Å². The molecule has 4 saturated carbocycles. The van der Waals surface area contributed by atoms with Gasteiger partial charge in [-0.15, -0.1) is 0 Å². The minimum absolute atomic E-state index is 0.0113. The molecule has 4 aliphatic rings. The van der Waals surface area contributed by atoms with Crippen molar-refractivity contribution < 1.29 is 19.1 Å². The van der Waals surface area contributed by atoms with Crippen LogP contribution in [0.1, 0.15) is 57.9 Å². The van der Waals surface area contributed by atoms with Crippen molar-refractivity contribution in [2.75, 3.05) is 5.32 Å². The highest BCUT2D eigenvalue weighted by Crippen LogP contribution is 2.60. The van der Waals surface area contributed by atoms with Gasteiger partial charge in [-0.2, -0.15) is 0 Å². The highest BCUT2D eigenvalue weighted by Gasteiger charge is 2.54. The maximum atomic E-state index is 13.1. The SMILES string of the molecule is Cc1ccc(NC(=O)[C@@H](C)OC(=O)[C@H](C)NC(=O)C23CC4CC(CC(C4)C2)C3)cc1. The summed E-state index contributed by atoms with van der Waals surface area (Å²) in [5.41, 5.74) is 1.44.